The van der Waals surface area contributed by atoms with E-state index in [2.05, 4.69) is 31.8 Å². The fourth-order valence-electron chi connectivity index (χ4n) is 4.32. The number of carbonyl (C=O) groups excluding carboxylic acids is 2. The first-order valence-corrected chi connectivity index (χ1v) is 15.3. The number of halogens is 3. The monoisotopic (exact) mass is 683 g/mol. The third kappa shape index (κ3) is 9.20. The number of ether oxygens (including phenoxy) is 2. The SMILES string of the molecule is CC(C)C[C@H](NC(=O)[C@H](C)Oc1ccc(Cl)cc1Cl)C(=O)N/N=C\c1c(OCc2ccc(Br)cc2)ccc2ccccc12. The Balaban J connectivity index is 1.47. The van der Waals surface area contributed by atoms with Crippen molar-refractivity contribution >= 4 is 67.9 Å². The minimum atomic E-state index is -0.911. The van der Waals surface area contributed by atoms with Gasteiger partial charge in [-0.1, -0.05) is 95.4 Å². The summed E-state index contributed by atoms with van der Waals surface area (Å²) < 4.78 is 12.9. The maximum Gasteiger partial charge on any atom is 0.262 e. The number of amides is 2. The van der Waals surface area contributed by atoms with Crippen LogP contribution in [0.4, 0.5) is 0 Å². The van der Waals surface area contributed by atoms with Gasteiger partial charge < -0.3 is 14.8 Å². The molecule has 7 nitrogen and oxygen atoms in total. The lowest BCUT2D eigenvalue weighted by molar-refractivity contribution is -0.132. The van der Waals surface area contributed by atoms with Crippen LogP contribution >= 0.6 is 39.1 Å². The van der Waals surface area contributed by atoms with Gasteiger partial charge in [-0.25, -0.2) is 5.43 Å². The number of rotatable bonds is 12. The number of nitrogens with zero attached hydrogens (tertiary/aromatic N) is 1. The van der Waals surface area contributed by atoms with E-state index in [1.54, 1.807) is 25.3 Å². The van der Waals surface area contributed by atoms with Gasteiger partial charge in [0.15, 0.2) is 6.10 Å². The molecule has 4 aromatic carbocycles. The molecule has 0 spiro atoms. The number of benzene rings is 4. The summed E-state index contributed by atoms with van der Waals surface area (Å²) in [5.74, 6) is 0.148. The van der Waals surface area contributed by atoms with E-state index in [9.17, 15) is 9.59 Å². The Morgan fingerprint density at radius 2 is 1.65 bits per heavy atom. The summed E-state index contributed by atoms with van der Waals surface area (Å²) in [6.45, 7) is 5.88. The Hall–Kier alpha value is -3.59. The summed E-state index contributed by atoms with van der Waals surface area (Å²) >= 11 is 15.6. The van der Waals surface area contributed by atoms with Crippen molar-refractivity contribution in [2.75, 3.05) is 0 Å². The number of nitrogens with one attached hydrogen (secondary N) is 2. The summed E-state index contributed by atoms with van der Waals surface area (Å²) in [7, 11) is 0. The van der Waals surface area contributed by atoms with Crippen LogP contribution in [-0.2, 0) is 16.2 Å². The Morgan fingerprint density at radius 3 is 2.37 bits per heavy atom. The van der Waals surface area contributed by atoms with Crippen LogP contribution in [0.2, 0.25) is 10.0 Å². The first-order valence-electron chi connectivity index (χ1n) is 13.7. The molecule has 2 amide bonds. The quantitative estimate of drug-likeness (QED) is 0.117. The number of hydrogen-bond acceptors (Lipinski definition) is 5. The van der Waals surface area contributed by atoms with Crippen molar-refractivity contribution < 1.29 is 19.1 Å². The highest BCUT2D eigenvalue weighted by molar-refractivity contribution is 9.10. The molecule has 0 aliphatic carbocycles. The predicted octanol–water partition coefficient (Wildman–Crippen LogP) is 7.94. The molecule has 4 aromatic rings. The second kappa shape index (κ2) is 15.2. The van der Waals surface area contributed by atoms with Crippen LogP contribution in [0.25, 0.3) is 10.8 Å². The van der Waals surface area contributed by atoms with Crippen molar-refractivity contribution in [3.8, 4) is 11.5 Å². The molecule has 0 aromatic heterocycles. The van der Waals surface area contributed by atoms with Crippen LogP contribution in [0, 0.1) is 5.92 Å². The average molecular weight is 685 g/mol. The fourth-order valence-corrected chi connectivity index (χ4v) is 5.04. The highest BCUT2D eigenvalue weighted by Crippen LogP contribution is 2.29. The molecule has 0 aliphatic rings. The third-order valence-corrected chi connectivity index (χ3v) is 7.57. The average Bonchev–Trinajstić information content (AvgIpc) is 2.98. The molecule has 0 saturated heterocycles. The summed E-state index contributed by atoms with van der Waals surface area (Å²) in [6, 6.07) is 23.5. The number of hydrazone groups is 1. The van der Waals surface area contributed by atoms with Crippen molar-refractivity contribution in [1.29, 1.82) is 0 Å². The molecule has 2 atom stereocenters. The van der Waals surface area contributed by atoms with Gasteiger partial charge in [-0.3, -0.25) is 9.59 Å². The molecule has 0 radical (unpaired) electrons. The van der Waals surface area contributed by atoms with Gasteiger partial charge in [-0.15, -0.1) is 0 Å². The van der Waals surface area contributed by atoms with Crippen LogP contribution in [0.5, 0.6) is 11.5 Å². The predicted molar refractivity (Wildman–Crippen MR) is 176 cm³/mol. The fraction of sp³-hybridized carbons (Fsp3) is 0.242. The van der Waals surface area contributed by atoms with E-state index in [0.717, 1.165) is 26.4 Å². The molecule has 4 rings (SSSR count). The number of fused-ring (bicyclic) bond motifs is 1. The standard InChI is InChI=1S/C33H32BrCl2N3O4/c1-20(2)16-29(38-32(40)21(3)43-31-15-13-25(35)17-28(31)36)33(41)39-37-18-27-26-7-5-4-6-23(26)10-14-30(27)42-19-22-8-11-24(34)12-9-22/h4-15,17-18,20-21,29H,16,19H2,1-3H3,(H,38,40)(H,39,41)/b37-18-/t21-,29-/m0/s1. The van der Waals surface area contributed by atoms with Gasteiger partial charge in [0, 0.05) is 15.1 Å². The van der Waals surface area contributed by atoms with Crippen molar-refractivity contribution in [2.45, 2.75) is 45.9 Å². The van der Waals surface area contributed by atoms with Gasteiger partial charge in [-0.05, 0) is 72.0 Å². The molecule has 224 valence electrons. The number of hydrogen-bond donors (Lipinski definition) is 2. The molecule has 0 aliphatic heterocycles. The normalized spacial score (nSPS) is 12.7. The van der Waals surface area contributed by atoms with Gasteiger partial charge in [0.25, 0.3) is 11.8 Å². The smallest absolute Gasteiger partial charge is 0.262 e. The van der Waals surface area contributed by atoms with E-state index in [4.69, 9.17) is 32.7 Å². The number of carbonyl (C=O) groups is 2. The first kappa shape index (κ1) is 32.3. The van der Waals surface area contributed by atoms with E-state index >= 15 is 0 Å². The summed E-state index contributed by atoms with van der Waals surface area (Å²) in [6.07, 6.45) is 1.06. The molecule has 2 N–H and O–H groups in total. The minimum Gasteiger partial charge on any atom is -0.488 e. The third-order valence-electron chi connectivity index (χ3n) is 6.51. The van der Waals surface area contributed by atoms with E-state index in [1.807, 2.05) is 74.5 Å². The van der Waals surface area contributed by atoms with Crippen LogP contribution in [0.15, 0.2) is 88.4 Å². The van der Waals surface area contributed by atoms with Gasteiger partial charge >= 0.3 is 0 Å². The van der Waals surface area contributed by atoms with Crippen molar-refractivity contribution in [3.05, 3.63) is 105 Å². The van der Waals surface area contributed by atoms with Gasteiger partial charge in [0.05, 0.1) is 11.2 Å². The molecule has 10 heteroatoms. The van der Waals surface area contributed by atoms with E-state index < -0.39 is 24.0 Å². The van der Waals surface area contributed by atoms with E-state index in [0.29, 0.717) is 29.5 Å². The maximum atomic E-state index is 13.2. The first-order chi connectivity index (χ1) is 20.6. The van der Waals surface area contributed by atoms with Crippen molar-refractivity contribution in [3.63, 3.8) is 0 Å². The highest BCUT2D eigenvalue weighted by atomic mass is 79.9. The Kier molecular flexibility index (Phi) is 11.4. The molecule has 0 saturated carbocycles. The Morgan fingerprint density at radius 1 is 0.930 bits per heavy atom. The van der Waals surface area contributed by atoms with E-state index in [1.165, 1.54) is 6.07 Å². The second-order valence-electron chi connectivity index (χ2n) is 10.4. The van der Waals surface area contributed by atoms with Crippen LogP contribution < -0.4 is 20.2 Å². The van der Waals surface area contributed by atoms with Crippen LogP contribution in [0.3, 0.4) is 0 Å². The molecular formula is C33H32BrCl2N3O4. The lowest BCUT2D eigenvalue weighted by Gasteiger charge is -2.22. The molecule has 0 fully saturated rings. The zero-order chi connectivity index (χ0) is 30.9. The minimum absolute atomic E-state index is 0.124. The van der Waals surface area contributed by atoms with Crippen LogP contribution in [-0.4, -0.2) is 30.2 Å². The van der Waals surface area contributed by atoms with Crippen LogP contribution in [0.1, 0.15) is 38.3 Å². The Labute approximate surface area is 269 Å². The zero-order valence-corrected chi connectivity index (χ0v) is 27.0. The van der Waals surface area contributed by atoms with Gasteiger partial charge in [0.1, 0.15) is 24.1 Å². The molecular weight excluding hydrogens is 653 g/mol. The molecule has 0 heterocycles. The Bertz CT molecular complexity index is 1610. The summed E-state index contributed by atoms with van der Waals surface area (Å²) in [5.41, 5.74) is 4.33. The van der Waals surface area contributed by atoms with Crippen molar-refractivity contribution in [2.24, 2.45) is 11.0 Å². The molecule has 0 bridgehead atoms. The summed E-state index contributed by atoms with van der Waals surface area (Å²) in [4.78, 5) is 26.2. The topological polar surface area (TPSA) is 89.0 Å². The highest BCUT2D eigenvalue weighted by Gasteiger charge is 2.25. The van der Waals surface area contributed by atoms with E-state index in [-0.39, 0.29) is 10.9 Å². The lowest BCUT2D eigenvalue weighted by Crippen LogP contribution is -2.49. The lowest BCUT2D eigenvalue weighted by atomic mass is 10.0. The maximum absolute atomic E-state index is 13.2. The van der Waals surface area contributed by atoms with Gasteiger partial charge in [0.2, 0.25) is 0 Å². The molecule has 0 unspecified atom stereocenters. The summed E-state index contributed by atoms with van der Waals surface area (Å²) in [5, 5.41) is 9.71. The molecule has 43 heavy (non-hydrogen) atoms. The second-order valence-corrected chi connectivity index (χ2v) is 12.1. The van der Waals surface area contributed by atoms with Crippen molar-refractivity contribution in [1.82, 2.24) is 10.7 Å². The van der Waals surface area contributed by atoms with Gasteiger partial charge in [-0.2, -0.15) is 5.10 Å². The zero-order valence-electron chi connectivity index (χ0n) is 23.9. The largest absolute Gasteiger partial charge is 0.488 e.